The molecule has 1 aromatic heterocycles. The van der Waals surface area contributed by atoms with Crippen molar-refractivity contribution in [2.75, 3.05) is 5.32 Å². The van der Waals surface area contributed by atoms with Gasteiger partial charge < -0.3 is 5.32 Å². The molecule has 2 aromatic rings. The Labute approximate surface area is 143 Å². The zero-order valence-corrected chi connectivity index (χ0v) is 14.3. The molecule has 2 rings (SSSR count). The molecule has 0 fully saturated rings. The van der Waals surface area contributed by atoms with Gasteiger partial charge in [0, 0.05) is 4.88 Å². The molecule has 0 spiro atoms. The average Bonchev–Trinajstić information content (AvgIpc) is 2.85. The summed E-state index contributed by atoms with van der Waals surface area (Å²) in [5.74, 6) is -0.558. The van der Waals surface area contributed by atoms with Crippen molar-refractivity contribution in [1.82, 2.24) is 0 Å². The minimum atomic E-state index is -0.558. The Balaban J connectivity index is 2.26. The smallest absolute Gasteiger partial charge is 0.266 e. The summed E-state index contributed by atoms with van der Waals surface area (Å²) in [6.07, 6.45) is 1.51. The summed E-state index contributed by atoms with van der Waals surface area (Å²) in [6, 6.07) is 10.4. The van der Waals surface area contributed by atoms with Crippen LogP contribution in [-0.4, -0.2) is 5.91 Å². The van der Waals surface area contributed by atoms with Crippen LogP contribution in [0.4, 0.5) is 5.69 Å². The molecule has 0 saturated carbocycles. The van der Waals surface area contributed by atoms with Crippen LogP contribution < -0.4 is 5.32 Å². The van der Waals surface area contributed by atoms with E-state index >= 15 is 0 Å². The molecule has 0 saturated heterocycles. The van der Waals surface area contributed by atoms with Crippen molar-refractivity contribution < 1.29 is 4.79 Å². The monoisotopic (exact) mass is 400 g/mol. The normalized spacial score (nSPS) is 11.0. The lowest BCUT2D eigenvalue weighted by Gasteiger charge is -2.08. The Morgan fingerprint density at radius 1 is 1.29 bits per heavy atom. The van der Waals surface area contributed by atoms with E-state index in [2.05, 4.69) is 21.2 Å². The van der Waals surface area contributed by atoms with Gasteiger partial charge in [0.25, 0.3) is 5.91 Å². The van der Waals surface area contributed by atoms with E-state index in [4.69, 9.17) is 28.5 Å². The fourth-order valence-electron chi connectivity index (χ4n) is 1.49. The number of rotatable bonds is 3. The van der Waals surface area contributed by atoms with Gasteiger partial charge in [-0.3, -0.25) is 4.79 Å². The number of hydrogen-bond donors (Lipinski definition) is 1. The van der Waals surface area contributed by atoms with Crippen LogP contribution >= 0.6 is 50.5 Å². The molecule has 106 valence electrons. The number of carbonyl (C=O) groups excluding carboxylic acids is 1. The van der Waals surface area contributed by atoms with Gasteiger partial charge in [-0.25, -0.2) is 0 Å². The van der Waals surface area contributed by atoms with Crippen LogP contribution in [0.2, 0.25) is 10.0 Å². The lowest BCUT2D eigenvalue weighted by Crippen LogP contribution is -2.14. The maximum absolute atomic E-state index is 12.1. The maximum Gasteiger partial charge on any atom is 0.266 e. The standard InChI is InChI=1S/C14H7BrCl2N2OS/c15-12-5-4-9(21-12)6-8(7-18)14(20)19-13-10(16)2-1-3-11(13)17/h1-6H,(H,19,20)/b8-6+. The Bertz CT molecular complexity index is 744. The summed E-state index contributed by atoms with van der Waals surface area (Å²) in [5, 5.41) is 12.3. The zero-order valence-electron chi connectivity index (χ0n) is 10.4. The second kappa shape index (κ2) is 7.10. The number of halogens is 3. The molecular weight excluding hydrogens is 395 g/mol. The van der Waals surface area contributed by atoms with Gasteiger partial charge in [-0.15, -0.1) is 11.3 Å². The van der Waals surface area contributed by atoms with E-state index in [0.717, 1.165) is 8.66 Å². The molecule has 0 aliphatic rings. The molecule has 1 N–H and O–H groups in total. The number of amides is 1. The van der Waals surface area contributed by atoms with Gasteiger partial charge in [0.05, 0.1) is 19.5 Å². The number of benzene rings is 1. The van der Waals surface area contributed by atoms with E-state index in [-0.39, 0.29) is 5.57 Å². The highest BCUT2D eigenvalue weighted by molar-refractivity contribution is 9.11. The topological polar surface area (TPSA) is 52.9 Å². The lowest BCUT2D eigenvalue weighted by atomic mass is 10.2. The number of nitriles is 1. The molecule has 0 aliphatic heterocycles. The third kappa shape index (κ3) is 4.08. The fourth-order valence-corrected chi connectivity index (χ4v) is 3.35. The van der Waals surface area contributed by atoms with Crippen molar-refractivity contribution in [3.8, 4) is 6.07 Å². The van der Waals surface area contributed by atoms with Crippen molar-refractivity contribution in [3.63, 3.8) is 0 Å². The first kappa shape index (κ1) is 16.1. The predicted molar refractivity (Wildman–Crippen MR) is 90.7 cm³/mol. The molecule has 7 heteroatoms. The van der Waals surface area contributed by atoms with Gasteiger partial charge in [-0.05, 0) is 46.3 Å². The zero-order chi connectivity index (χ0) is 15.4. The Kier molecular flexibility index (Phi) is 5.43. The van der Waals surface area contributed by atoms with Crippen molar-refractivity contribution in [3.05, 3.63) is 54.6 Å². The molecule has 1 aromatic carbocycles. The number of para-hydroxylation sites is 1. The number of anilines is 1. The molecule has 0 unspecified atom stereocenters. The third-order valence-corrected chi connectivity index (χ3v) is 4.65. The summed E-state index contributed by atoms with van der Waals surface area (Å²) >= 11 is 16.7. The summed E-state index contributed by atoms with van der Waals surface area (Å²) in [7, 11) is 0. The third-order valence-electron chi connectivity index (χ3n) is 2.45. The van der Waals surface area contributed by atoms with Crippen LogP contribution in [-0.2, 0) is 4.79 Å². The minimum absolute atomic E-state index is 0.0275. The van der Waals surface area contributed by atoms with E-state index in [0.29, 0.717) is 15.7 Å². The highest BCUT2D eigenvalue weighted by atomic mass is 79.9. The van der Waals surface area contributed by atoms with Gasteiger partial charge >= 0.3 is 0 Å². The molecular formula is C14H7BrCl2N2OS. The van der Waals surface area contributed by atoms with Gasteiger partial charge in [-0.2, -0.15) is 5.26 Å². The highest BCUT2D eigenvalue weighted by Gasteiger charge is 2.14. The van der Waals surface area contributed by atoms with Gasteiger partial charge in [-0.1, -0.05) is 29.3 Å². The van der Waals surface area contributed by atoms with Gasteiger partial charge in [0.1, 0.15) is 11.6 Å². The Hall–Kier alpha value is -1.32. The molecule has 0 aliphatic carbocycles. The highest BCUT2D eigenvalue weighted by Crippen LogP contribution is 2.30. The first-order valence-corrected chi connectivity index (χ1v) is 8.00. The average molecular weight is 402 g/mol. The molecule has 1 amide bonds. The largest absolute Gasteiger partial charge is 0.319 e. The number of hydrogen-bond acceptors (Lipinski definition) is 3. The predicted octanol–water partition coefficient (Wildman–Crippen LogP) is 5.36. The van der Waals surface area contributed by atoms with Crippen molar-refractivity contribution in [2.24, 2.45) is 0 Å². The van der Waals surface area contributed by atoms with E-state index < -0.39 is 5.91 Å². The second-order valence-electron chi connectivity index (χ2n) is 3.86. The van der Waals surface area contributed by atoms with Crippen LogP contribution in [0.25, 0.3) is 6.08 Å². The summed E-state index contributed by atoms with van der Waals surface area (Å²) < 4.78 is 0.917. The quantitative estimate of drug-likeness (QED) is 0.555. The molecule has 0 bridgehead atoms. The summed E-state index contributed by atoms with van der Waals surface area (Å²) in [5.41, 5.74) is 0.264. The van der Waals surface area contributed by atoms with E-state index in [1.165, 1.54) is 17.4 Å². The Morgan fingerprint density at radius 2 is 1.95 bits per heavy atom. The lowest BCUT2D eigenvalue weighted by molar-refractivity contribution is -0.112. The molecule has 21 heavy (non-hydrogen) atoms. The van der Waals surface area contributed by atoms with Crippen molar-refractivity contribution >= 4 is 68.1 Å². The van der Waals surface area contributed by atoms with Crippen LogP contribution in [0, 0.1) is 11.3 Å². The minimum Gasteiger partial charge on any atom is -0.319 e. The SMILES string of the molecule is N#C/C(=C\c1ccc(Br)s1)C(=O)Nc1c(Cl)cccc1Cl. The van der Waals surface area contributed by atoms with Gasteiger partial charge in [0.2, 0.25) is 0 Å². The summed E-state index contributed by atoms with van der Waals surface area (Å²) in [4.78, 5) is 12.9. The van der Waals surface area contributed by atoms with Gasteiger partial charge in [0.15, 0.2) is 0 Å². The number of thiophene rings is 1. The molecule has 1 heterocycles. The second-order valence-corrected chi connectivity index (χ2v) is 7.17. The number of nitrogens with one attached hydrogen (secondary N) is 1. The van der Waals surface area contributed by atoms with Crippen LogP contribution in [0.1, 0.15) is 4.88 Å². The van der Waals surface area contributed by atoms with Crippen molar-refractivity contribution in [2.45, 2.75) is 0 Å². The maximum atomic E-state index is 12.1. The first-order valence-electron chi connectivity index (χ1n) is 5.63. The Morgan fingerprint density at radius 3 is 2.48 bits per heavy atom. The van der Waals surface area contributed by atoms with Crippen LogP contribution in [0.15, 0.2) is 39.7 Å². The summed E-state index contributed by atoms with van der Waals surface area (Å²) in [6.45, 7) is 0. The molecule has 0 radical (unpaired) electrons. The molecule has 3 nitrogen and oxygen atoms in total. The van der Waals surface area contributed by atoms with E-state index in [1.54, 1.807) is 18.2 Å². The van der Waals surface area contributed by atoms with E-state index in [1.807, 2.05) is 18.2 Å². The molecule has 0 atom stereocenters. The first-order chi connectivity index (χ1) is 10.0. The van der Waals surface area contributed by atoms with Crippen molar-refractivity contribution in [1.29, 1.82) is 5.26 Å². The van der Waals surface area contributed by atoms with Crippen LogP contribution in [0.5, 0.6) is 0 Å². The number of nitrogens with zero attached hydrogens (tertiary/aromatic N) is 1. The fraction of sp³-hybridized carbons (Fsp3) is 0. The van der Waals surface area contributed by atoms with E-state index in [9.17, 15) is 4.79 Å². The van der Waals surface area contributed by atoms with Crippen LogP contribution in [0.3, 0.4) is 0 Å². The number of carbonyl (C=O) groups is 1.